The van der Waals surface area contributed by atoms with Crippen LogP contribution in [0.1, 0.15) is 50.8 Å². The molecule has 2 atom stereocenters. The van der Waals surface area contributed by atoms with E-state index < -0.39 is 0 Å². The quantitative estimate of drug-likeness (QED) is 0.882. The van der Waals surface area contributed by atoms with E-state index in [2.05, 4.69) is 35.4 Å². The molecule has 2 unspecified atom stereocenters. The van der Waals surface area contributed by atoms with Crippen LogP contribution in [0.5, 0.6) is 0 Å². The first-order valence-corrected chi connectivity index (χ1v) is 7.72. The molecular formula is C15H26N4. The van der Waals surface area contributed by atoms with Gasteiger partial charge in [0.15, 0.2) is 0 Å². The molecule has 0 radical (unpaired) electrons. The third-order valence-electron chi connectivity index (χ3n) is 4.64. The molecule has 0 amide bonds. The largest absolute Gasteiger partial charge is 0.313 e. The number of hydrogen-bond donors (Lipinski definition) is 1. The molecule has 106 valence electrons. The van der Waals surface area contributed by atoms with Crippen molar-refractivity contribution in [2.75, 3.05) is 13.1 Å². The van der Waals surface area contributed by atoms with Gasteiger partial charge in [0.25, 0.3) is 0 Å². The van der Waals surface area contributed by atoms with Crippen LogP contribution in [0.25, 0.3) is 0 Å². The Kier molecular flexibility index (Phi) is 3.89. The smallest absolute Gasteiger partial charge is 0.0549 e. The summed E-state index contributed by atoms with van der Waals surface area (Å²) in [5.74, 6) is 0. The van der Waals surface area contributed by atoms with E-state index in [0.29, 0.717) is 12.1 Å². The fraction of sp³-hybridized carbons (Fsp3) is 0.800. The lowest BCUT2D eigenvalue weighted by Gasteiger charge is -2.34. The van der Waals surface area contributed by atoms with Crippen molar-refractivity contribution in [3.8, 4) is 0 Å². The molecule has 1 saturated heterocycles. The van der Waals surface area contributed by atoms with Gasteiger partial charge in [0, 0.05) is 37.9 Å². The number of piperidine rings is 1. The van der Waals surface area contributed by atoms with Crippen molar-refractivity contribution in [1.29, 1.82) is 0 Å². The summed E-state index contributed by atoms with van der Waals surface area (Å²) < 4.78 is 2.02. The number of nitrogens with one attached hydrogen (secondary N) is 1. The molecule has 0 aromatic carbocycles. The first-order chi connectivity index (χ1) is 9.25. The summed E-state index contributed by atoms with van der Waals surface area (Å²) in [5.41, 5.74) is 1.34. The molecule has 2 fully saturated rings. The molecule has 19 heavy (non-hydrogen) atoms. The predicted octanol–water partition coefficient (Wildman–Crippen LogP) is 2.09. The highest BCUT2D eigenvalue weighted by Crippen LogP contribution is 2.34. The molecule has 4 heteroatoms. The van der Waals surface area contributed by atoms with Crippen LogP contribution in [0, 0.1) is 0 Å². The van der Waals surface area contributed by atoms with Crippen molar-refractivity contribution in [2.45, 2.75) is 57.2 Å². The Hall–Kier alpha value is -0.870. The van der Waals surface area contributed by atoms with Gasteiger partial charge in [-0.05, 0) is 45.2 Å². The van der Waals surface area contributed by atoms with Crippen LogP contribution in [0.4, 0.5) is 0 Å². The zero-order valence-corrected chi connectivity index (χ0v) is 12.2. The lowest BCUT2D eigenvalue weighted by atomic mass is 10.0. The van der Waals surface area contributed by atoms with Gasteiger partial charge in [-0.15, -0.1) is 0 Å². The zero-order valence-electron chi connectivity index (χ0n) is 12.2. The highest BCUT2D eigenvalue weighted by molar-refractivity contribution is 5.08. The molecule has 1 aromatic rings. The molecular weight excluding hydrogens is 236 g/mol. The van der Waals surface area contributed by atoms with E-state index >= 15 is 0 Å². The van der Waals surface area contributed by atoms with Crippen molar-refractivity contribution in [1.82, 2.24) is 20.0 Å². The van der Waals surface area contributed by atoms with Crippen LogP contribution in [0.2, 0.25) is 0 Å². The molecule has 4 nitrogen and oxygen atoms in total. The Morgan fingerprint density at radius 3 is 2.84 bits per heavy atom. The Bertz CT molecular complexity index is 404. The topological polar surface area (TPSA) is 33.1 Å². The second kappa shape index (κ2) is 5.63. The van der Waals surface area contributed by atoms with Crippen molar-refractivity contribution in [3.05, 3.63) is 18.0 Å². The maximum atomic E-state index is 4.32. The van der Waals surface area contributed by atoms with Crippen LogP contribution in [0.15, 0.2) is 12.3 Å². The molecule has 1 saturated carbocycles. The van der Waals surface area contributed by atoms with Crippen molar-refractivity contribution in [2.24, 2.45) is 7.05 Å². The minimum atomic E-state index is 0.476. The summed E-state index contributed by atoms with van der Waals surface area (Å²) in [6.07, 6.45) is 8.72. The van der Waals surface area contributed by atoms with E-state index in [1.165, 1.54) is 50.9 Å². The summed E-state index contributed by atoms with van der Waals surface area (Å²) in [6.45, 7) is 4.72. The first-order valence-electron chi connectivity index (χ1n) is 7.72. The molecule has 2 aliphatic rings. The number of hydrogen-bond acceptors (Lipinski definition) is 3. The van der Waals surface area contributed by atoms with Crippen molar-refractivity contribution < 1.29 is 0 Å². The van der Waals surface area contributed by atoms with Gasteiger partial charge in [-0.1, -0.05) is 6.42 Å². The van der Waals surface area contributed by atoms with Gasteiger partial charge in [-0.25, -0.2) is 0 Å². The molecule has 3 rings (SSSR count). The number of nitrogens with zero attached hydrogens (tertiary/aromatic N) is 3. The number of rotatable bonds is 5. The van der Waals surface area contributed by atoms with Crippen molar-refractivity contribution in [3.63, 3.8) is 0 Å². The van der Waals surface area contributed by atoms with Gasteiger partial charge < -0.3 is 5.32 Å². The van der Waals surface area contributed by atoms with E-state index in [-0.39, 0.29) is 0 Å². The molecule has 1 N–H and O–H groups in total. The van der Waals surface area contributed by atoms with E-state index in [1.807, 2.05) is 10.9 Å². The highest BCUT2D eigenvalue weighted by atomic mass is 15.3. The fourth-order valence-electron chi connectivity index (χ4n) is 3.33. The summed E-state index contributed by atoms with van der Waals surface area (Å²) in [6, 6.07) is 4.12. The van der Waals surface area contributed by atoms with Crippen LogP contribution >= 0.6 is 0 Å². The lowest BCUT2D eigenvalue weighted by molar-refractivity contribution is 0.161. The Morgan fingerprint density at radius 1 is 1.42 bits per heavy atom. The third kappa shape index (κ3) is 3.00. The second-order valence-corrected chi connectivity index (χ2v) is 6.13. The number of aryl methyl sites for hydroxylation is 1. The third-order valence-corrected chi connectivity index (χ3v) is 4.64. The summed E-state index contributed by atoms with van der Waals surface area (Å²) in [7, 11) is 2.05. The average molecular weight is 262 g/mol. The van der Waals surface area contributed by atoms with Gasteiger partial charge in [0.05, 0.1) is 5.69 Å². The molecule has 1 aromatic heterocycles. The van der Waals surface area contributed by atoms with Gasteiger partial charge in [-0.2, -0.15) is 5.10 Å². The van der Waals surface area contributed by atoms with Gasteiger partial charge >= 0.3 is 0 Å². The van der Waals surface area contributed by atoms with E-state index in [9.17, 15) is 0 Å². The standard InChI is InChI=1S/C15H26N4/c1-12(15-8-10-17-18(15)2)19(14-6-7-14)11-13-5-3-4-9-16-13/h8,10,12-14,16H,3-7,9,11H2,1-2H3. The number of aromatic nitrogens is 2. The monoisotopic (exact) mass is 262 g/mol. The minimum Gasteiger partial charge on any atom is -0.313 e. The Morgan fingerprint density at radius 2 is 2.26 bits per heavy atom. The molecule has 1 aliphatic heterocycles. The maximum absolute atomic E-state index is 4.32. The molecule has 0 spiro atoms. The van der Waals surface area contributed by atoms with Gasteiger partial charge in [0.1, 0.15) is 0 Å². The van der Waals surface area contributed by atoms with Crippen LogP contribution in [-0.4, -0.2) is 39.9 Å². The normalized spacial score (nSPS) is 25.7. The summed E-state index contributed by atoms with van der Waals surface area (Å²) >= 11 is 0. The van der Waals surface area contributed by atoms with Crippen LogP contribution in [0.3, 0.4) is 0 Å². The molecule has 0 bridgehead atoms. The minimum absolute atomic E-state index is 0.476. The van der Waals surface area contributed by atoms with Gasteiger partial charge in [-0.3, -0.25) is 9.58 Å². The van der Waals surface area contributed by atoms with E-state index in [4.69, 9.17) is 0 Å². The van der Waals surface area contributed by atoms with E-state index in [1.54, 1.807) is 0 Å². The predicted molar refractivity (Wildman–Crippen MR) is 77.0 cm³/mol. The SMILES string of the molecule is CC(c1ccnn1C)N(CC1CCCCN1)C1CC1. The second-order valence-electron chi connectivity index (χ2n) is 6.13. The lowest BCUT2D eigenvalue weighted by Crippen LogP contribution is -2.45. The van der Waals surface area contributed by atoms with Crippen molar-refractivity contribution >= 4 is 0 Å². The Labute approximate surface area is 116 Å². The van der Waals surface area contributed by atoms with Crippen LogP contribution in [-0.2, 0) is 7.05 Å². The summed E-state index contributed by atoms with van der Waals surface area (Å²) in [4.78, 5) is 2.69. The Balaban J connectivity index is 1.68. The maximum Gasteiger partial charge on any atom is 0.0549 e. The first kappa shape index (κ1) is 13.1. The molecule has 2 heterocycles. The van der Waals surface area contributed by atoms with Crippen LogP contribution < -0.4 is 5.32 Å². The molecule has 1 aliphatic carbocycles. The average Bonchev–Trinajstić information content (AvgIpc) is 3.18. The highest BCUT2D eigenvalue weighted by Gasteiger charge is 2.35. The van der Waals surface area contributed by atoms with E-state index in [0.717, 1.165) is 6.04 Å². The fourth-order valence-corrected chi connectivity index (χ4v) is 3.33. The van der Waals surface area contributed by atoms with Gasteiger partial charge in [0.2, 0.25) is 0 Å². The zero-order chi connectivity index (χ0) is 13.2. The summed E-state index contributed by atoms with van der Waals surface area (Å²) in [5, 5.41) is 8.00.